The minimum atomic E-state index is 0.0556. The third-order valence-electron chi connectivity index (χ3n) is 1.38. The zero-order valence-electron chi connectivity index (χ0n) is 4.73. The van der Waals surface area contributed by atoms with Crippen LogP contribution in [0.3, 0.4) is 0 Å². The van der Waals surface area contributed by atoms with Gasteiger partial charge in [0.1, 0.15) is 5.54 Å². The van der Waals surface area contributed by atoms with E-state index in [1.807, 2.05) is 13.1 Å². The molecule has 1 rings (SSSR count). The average molecular weight is 95.1 g/mol. The van der Waals surface area contributed by atoms with Gasteiger partial charge in [0.05, 0.1) is 0 Å². The van der Waals surface area contributed by atoms with Crippen molar-refractivity contribution in [3.63, 3.8) is 0 Å². The van der Waals surface area contributed by atoms with E-state index in [-0.39, 0.29) is 5.54 Å². The Morgan fingerprint density at radius 1 is 1.86 bits per heavy atom. The smallest absolute Gasteiger partial charge is 0.113 e. The first-order valence-electron chi connectivity index (χ1n) is 2.37. The highest BCUT2D eigenvalue weighted by Gasteiger charge is 2.30. The number of aliphatic imine (C=N–C) groups is 1. The van der Waals surface area contributed by atoms with Crippen molar-refractivity contribution in [2.45, 2.75) is 19.4 Å². The molecule has 0 aromatic rings. The van der Waals surface area contributed by atoms with Crippen molar-refractivity contribution in [3.05, 3.63) is 12.2 Å². The maximum Gasteiger partial charge on any atom is 0.113 e. The predicted molar refractivity (Wildman–Crippen MR) is 31.7 cm³/mol. The fraction of sp³-hybridized carbons (Fsp3) is 0.500. The van der Waals surface area contributed by atoms with E-state index in [0.29, 0.717) is 0 Å². The zero-order chi connectivity index (χ0) is 5.49. The van der Waals surface area contributed by atoms with Crippen LogP contribution >= 0.6 is 0 Å². The second kappa shape index (κ2) is 0.971. The van der Waals surface area contributed by atoms with Crippen LogP contribution in [-0.2, 0) is 0 Å². The largest absolute Gasteiger partial charge is 0.278 e. The normalized spacial score (nSPS) is 35.7. The molecule has 1 aliphatic heterocycles. The number of hydrogen-bond acceptors (Lipinski definition) is 1. The Hall–Kier alpha value is -0.590. The molecule has 0 aliphatic carbocycles. The van der Waals surface area contributed by atoms with Crippen LogP contribution in [0.2, 0.25) is 0 Å². The Bertz CT molecular complexity index is 127. The van der Waals surface area contributed by atoms with Gasteiger partial charge in [0, 0.05) is 6.21 Å². The number of rotatable bonds is 1. The molecular formula is C6H9N. The number of hydrogen-bond donors (Lipinski definition) is 0. The lowest BCUT2D eigenvalue weighted by Gasteiger charge is -2.01. The highest BCUT2D eigenvalue weighted by Crippen LogP contribution is 2.26. The molecule has 0 spiro atoms. The van der Waals surface area contributed by atoms with Crippen LogP contribution in [-0.4, -0.2) is 11.8 Å². The average Bonchev–Trinajstić information content (AvgIpc) is 2.21. The van der Waals surface area contributed by atoms with Crippen molar-refractivity contribution in [3.8, 4) is 0 Å². The van der Waals surface area contributed by atoms with E-state index >= 15 is 0 Å². The third kappa shape index (κ3) is 0.581. The fourth-order valence-electron chi connectivity index (χ4n) is 0.317. The summed E-state index contributed by atoms with van der Waals surface area (Å²) in [6.07, 6.45) is 1.91. The summed E-state index contributed by atoms with van der Waals surface area (Å²) in [4.78, 5) is 4.01. The van der Waals surface area contributed by atoms with E-state index in [9.17, 15) is 0 Å². The van der Waals surface area contributed by atoms with Gasteiger partial charge in [0.15, 0.2) is 0 Å². The van der Waals surface area contributed by atoms with Crippen molar-refractivity contribution in [1.82, 2.24) is 0 Å². The monoisotopic (exact) mass is 95.1 g/mol. The summed E-state index contributed by atoms with van der Waals surface area (Å²) in [7, 11) is 0. The lowest BCUT2D eigenvalue weighted by molar-refractivity contribution is 0.864. The molecule has 0 saturated heterocycles. The Morgan fingerprint density at radius 3 is 2.29 bits per heavy atom. The van der Waals surface area contributed by atoms with E-state index in [0.717, 1.165) is 5.57 Å². The molecule has 7 heavy (non-hydrogen) atoms. The van der Waals surface area contributed by atoms with E-state index in [4.69, 9.17) is 0 Å². The minimum absolute atomic E-state index is 0.0556. The molecule has 0 radical (unpaired) electrons. The standard InChI is InChI=1S/C6H9N/c1-5(2)6(3)4-7-6/h4H,1H2,2-3H3. The van der Waals surface area contributed by atoms with Gasteiger partial charge in [0.25, 0.3) is 0 Å². The van der Waals surface area contributed by atoms with Gasteiger partial charge in [0.2, 0.25) is 0 Å². The molecule has 1 unspecified atom stereocenters. The fourth-order valence-corrected chi connectivity index (χ4v) is 0.317. The van der Waals surface area contributed by atoms with Crippen molar-refractivity contribution in [2.24, 2.45) is 4.99 Å². The molecule has 1 aliphatic rings. The zero-order valence-corrected chi connectivity index (χ0v) is 4.73. The van der Waals surface area contributed by atoms with Gasteiger partial charge >= 0.3 is 0 Å². The van der Waals surface area contributed by atoms with Gasteiger partial charge < -0.3 is 0 Å². The van der Waals surface area contributed by atoms with Crippen molar-refractivity contribution >= 4 is 6.21 Å². The molecule has 1 atom stereocenters. The molecule has 1 heterocycles. The van der Waals surface area contributed by atoms with E-state index < -0.39 is 0 Å². The Morgan fingerprint density at radius 2 is 2.29 bits per heavy atom. The maximum atomic E-state index is 4.01. The van der Waals surface area contributed by atoms with Crippen molar-refractivity contribution < 1.29 is 0 Å². The molecule has 0 N–H and O–H groups in total. The van der Waals surface area contributed by atoms with Crippen LogP contribution < -0.4 is 0 Å². The van der Waals surface area contributed by atoms with Crippen LogP contribution in [0, 0.1) is 0 Å². The van der Waals surface area contributed by atoms with Gasteiger partial charge in [-0.25, -0.2) is 0 Å². The van der Waals surface area contributed by atoms with Crippen LogP contribution in [0.15, 0.2) is 17.1 Å². The molecule has 1 nitrogen and oxygen atoms in total. The first kappa shape index (κ1) is 4.57. The van der Waals surface area contributed by atoms with Crippen LogP contribution in [0.25, 0.3) is 0 Å². The molecule has 0 fully saturated rings. The molecule has 38 valence electrons. The summed E-state index contributed by atoms with van der Waals surface area (Å²) in [6.45, 7) is 7.81. The summed E-state index contributed by atoms with van der Waals surface area (Å²) in [6, 6.07) is 0. The third-order valence-corrected chi connectivity index (χ3v) is 1.38. The summed E-state index contributed by atoms with van der Waals surface area (Å²) in [5.41, 5.74) is 1.19. The molecule has 0 aromatic heterocycles. The van der Waals surface area contributed by atoms with Gasteiger partial charge in [-0.1, -0.05) is 6.58 Å². The molecule has 0 aromatic carbocycles. The SMILES string of the molecule is C=C(C)C1(C)C=N1. The second-order valence-corrected chi connectivity index (χ2v) is 2.19. The number of nitrogens with zero attached hydrogens (tertiary/aromatic N) is 1. The minimum Gasteiger partial charge on any atom is -0.278 e. The Balaban J connectivity index is 2.58. The lowest BCUT2D eigenvalue weighted by atomic mass is 10.0. The predicted octanol–water partition coefficient (Wildman–Crippen LogP) is 1.41. The summed E-state index contributed by atoms with van der Waals surface area (Å²) in [5, 5.41) is 0. The van der Waals surface area contributed by atoms with Crippen LogP contribution in [0.4, 0.5) is 0 Å². The van der Waals surface area contributed by atoms with Crippen molar-refractivity contribution in [1.29, 1.82) is 0 Å². The van der Waals surface area contributed by atoms with E-state index in [2.05, 4.69) is 18.5 Å². The van der Waals surface area contributed by atoms with Crippen LogP contribution in [0.1, 0.15) is 13.8 Å². The molecular weight excluding hydrogens is 86.1 g/mol. The highest BCUT2D eigenvalue weighted by molar-refractivity contribution is 5.87. The van der Waals surface area contributed by atoms with Crippen LogP contribution in [0.5, 0.6) is 0 Å². The maximum absolute atomic E-state index is 4.01. The highest BCUT2D eigenvalue weighted by atomic mass is 15.0. The van der Waals surface area contributed by atoms with Gasteiger partial charge in [-0.05, 0) is 19.4 Å². The quantitative estimate of drug-likeness (QED) is 0.436. The van der Waals surface area contributed by atoms with Gasteiger partial charge in [-0.2, -0.15) is 0 Å². The first-order valence-corrected chi connectivity index (χ1v) is 2.37. The lowest BCUT2D eigenvalue weighted by Crippen LogP contribution is -2.06. The Kier molecular flexibility index (Phi) is 0.633. The van der Waals surface area contributed by atoms with E-state index in [1.54, 1.807) is 0 Å². The summed E-state index contributed by atoms with van der Waals surface area (Å²) < 4.78 is 0. The van der Waals surface area contributed by atoms with Gasteiger partial charge in [-0.3, -0.25) is 4.99 Å². The summed E-state index contributed by atoms with van der Waals surface area (Å²) >= 11 is 0. The van der Waals surface area contributed by atoms with E-state index in [1.165, 1.54) is 0 Å². The van der Waals surface area contributed by atoms with Crippen molar-refractivity contribution in [2.75, 3.05) is 0 Å². The van der Waals surface area contributed by atoms with Gasteiger partial charge in [-0.15, -0.1) is 0 Å². The molecule has 0 amide bonds. The first-order chi connectivity index (χ1) is 3.15. The topological polar surface area (TPSA) is 12.4 Å². The molecule has 0 bridgehead atoms. The molecule has 0 saturated carbocycles. The summed E-state index contributed by atoms with van der Waals surface area (Å²) in [5.74, 6) is 0. The second-order valence-electron chi connectivity index (χ2n) is 2.19. The molecule has 1 heteroatoms. The Labute approximate surface area is 43.8 Å².